The molecule has 0 bridgehead atoms. The molecule has 2 aromatic rings. The van der Waals surface area contributed by atoms with Crippen LogP contribution in [0.4, 0.5) is 0 Å². The van der Waals surface area contributed by atoms with Gasteiger partial charge in [-0.3, -0.25) is 0 Å². The third-order valence-corrected chi connectivity index (χ3v) is 2.00. The second-order valence-electron chi connectivity index (χ2n) is 2.87. The minimum absolute atomic E-state index is 0.104. The Kier molecular flexibility index (Phi) is 2.99. The molecule has 5 heteroatoms. The van der Waals surface area contributed by atoms with Crippen molar-refractivity contribution in [2.75, 3.05) is 0 Å². The quantitative estimate of drug-likeness (QED) is 0.746. The summed E-state index contributed by atoms with van der Waals surface area (Å²) in [6, 6.07) is 10.5. The van der Waals surface area contributed by atoms with E-state index in [2.05, 4.69) is 9.97 Å². The van der Waals surface area contributed by atoms with Gasteiger partial charge in [-0.05, 0) is 23.7 Å². The maximum atomic E-state index is 8.86. The highest BCUT2D eigenvalue weighted by Gasteiger charge is 2.04. The molecule has 0 saturated heterocycles. The second kappa shape index (κ2) is 4.60. The van der Waals surface area contributed by atoms with E-state index in [9.17, 15) is 0 Å². The van der Waals surface area contributed by atoms with Crippen LogP contribution in [0.3, 0.4) is 0 Å². The molecule has 0 fully saturated rings. The van der Waals surface area contributed by atoms with Crippen molar-refractivity contribution in [3.05, 3.63) is 47.4 Å². The maximum absolute atomic E-state index is 8.86. The van der Waals surface area contributed by atoms with Gasteiger partial charge in [0, 0.05) is 12.3 Å². The van der Waals surface area contributed by atoms with E-state index in [0.29, 0.717) is 17.2 Å². The lowest BCUT2D eigenvalue weighted by Gasteiger charge is -2.05. The van der Waals surface area contributed by atoms with Crippen LogP contribution in [0, 0.1) is 11.3 Å². The van der Waals surface area contributed by atoms with Gasteiger partial charge in [0.2, 0.25) is 11.2 Å². The molecule has 1 aromatic carbocycles. The number of hydrogen-bond donors (Lipinski definition) is 0. The minimum atomic E-state index is 0.104. The van der Waals surface area contributed by atoms with Gasteiger partial charge in [0.05, 0.1) is 5.56 Å². The number of ether oxygens (including phenoxy) is 1. The Balaban J connectivity index is 2.31. The maximum Gasteiger partial charge on any atom is 0.225 e. The average Bonchev–Trinajstić information content (AvgIpc) is 2.30. The lowest BCUT2D eigenvalue weighted by atomic mass is 10.2. The van der Waals surface area contributed by atoms with Crippen molar-refractivity contribution >= 4 is 11.6 Å². The van der Waals surface area contributed by atoms with Crippen LogP contribution in [0.15, 0.2) is 36.5 Å². The molecule has 0 saturated carbocycles. The van der Waals surface area contributed by atoms with Crippen LogP contribution >= 0.6 is 11.6 Å². The Morgan fingerprint density at radius 3 is 2.81 bits per heavy atom. The summed E-state index contributed by atoms with van der Waals surface area (Å²) < 4.78 is 5.42. The number of halogens is 1. The van der Waals surface area contributed by atoms with Gasteiger partial charge in [0.25, 0.3) is 0 Å². The first-order valence-electron chi connectivity index (χ1n) is 4.45. The number of nitriles is 1. The predicted molar refractivity (Wildman–Crippen MR) is 58.3 cm³/mol. The number of aromatic nitrogens is 2. The molecule has 0 atom stereocenters. The summed E-state index contributed by atoms with van der Waals surface area (Å²) in [5.74, 6) is 0.752. The Bertz CT molecular complexity index is 551. The van der Waals surface area contributed by atoms with Crippen LogP contribution in [-0.2, 0) is 0 Å². The Morgan fingerprint density at radius 1 is 1.25 bits per heavy atom. The van der Waals surface area contributed by atoms with Crippen molar-refractivity contribution < 1.29 is 4.74 Å². The smallest absolute Gasteiger partial charge is 0.225 e. The van der Waals surface area contributed by atoms with E-state index in [1.165, 1.54) is 6.20 Å². The zero-order valence-corrected chi connectivity index (χ0v) is 8.85. The van der Waals surface area contributed by atoms with Crippen molar-refractivity contribution in [3.8, 4) is 17.7 Å². The van der Waals surface area contributed by atoms with Gasteiger partial charge >= 0.3 is 0 Å². The van der Waals surface area contributed by atoms with Gasteiger partial charge in [-0.2, -0.15) is 10.2 Å². The highest BCUT2D eigenvalue weighted by Crippen LogP contribution is 2.23. The van der Waals surface area contributed by atoms with Crippen LogP contribution in [0.1, 0.15) is 5.56 Å². The molecule has 0 N–H and O–H groups in total. The summed E-state index contributed by atoms with van der Waals surface area (Å²) in [4.78, 5) is 7.60. The van der Waals surface area contributed by atoms with E-state index in [4.69, 9.17) is 21.6 Å². The van der Waals surface area contributed by atoms with Gasteiger partial charge in [0.15, 0.2) is 0 Å². The number of para-hydroxylation sites is 1. The molecule has 16 heavy (non-hydrogen) atoms. The lowest BCUT2D eigenvalue weighted by molar-refractivity contribution is 0.460. The van der Waals surface area contributed by atoms with E-state index in [1.54, 1.807) is 30.3 Å². The first-order chi connectivity index (χ1) is 7.79. The molecule has 0 aliphatic rings. The topological polar surface area (TPSA) is 58.8 Å². The van der Waals surface area contributed by atoms with E-state index in [0.717, 1.165) is 0 Å². The minimum Gasteiger partial charge on any atom is -0.437 e. The zero-order chi connectivity index (χ0) is 11.4. The molecule has 0 amide bonds. The van der Waals surface area contributed by atoms with Crippen molar-refractivity contribution in [2.45, 2.75) is 0 Å². The number of hydrogen-bond acceptors (Lipinski definition) is 4. The van der Waals surface area contributed by atoms with E-state index >= 15 is 0 Å². The summed E-state index contributed by atoms with van der Waals surface area (Å²) in [5.41, 5.74) is 0.442. The van der Waals surface area contributed by atoms with Gasteiger partial charge in [0.1, 0.15) is 11.8 Å². The third kappa shape index (κ3) is 2.27. The Hall–Kier alpha value is -2.12. The van der Waals surface area contributed by atoms with Crippen LogP contribution in [0.2, 0.25) is 5.28 Å². The molecule has 0 aliphatic heterocycles. The fraction of sp³-hybridized carbons (Fsp3) is 0. The molecule has 4 nitrogen and oxygen atoms in total. The van der Waals surface area contributed by atoms with Crippen molar-refractivity contribution in [1.29, 1.82) is 5.26 Å². The average molecular weight is 232 g/mol. The molecule has 1 aromatic heterocycles. The number of benzene rings is 1. The van der Waals surface area contributed by atoms with Crippen molar-refractivity contribution in [1.82, 2.24) is 9.97 Å². The molecule has 1 heterocycles. The molecule has 0 spiro atoms. The highest BCUT2D eigenvalue weighted by molar-refractivity contribution is 6.28. The molecule has 0 radical (unpaired) electrons. The van der Waals surface area contributed by atoms with Crippen LogP contribution < -0.4 is 4.74 Å². The lowest BCUT2D eigenvalue weighted by Crippen LogP contribution is -1.91. The first-order valence-corrected chi connectivity index (χ1v) is 4.83. The Morgan fingerprint density at radius 2 is 2.06 bits per heavy atom. The molecule has 0 aliphatic carbocycles. The molecular formula is C11H6ClN3O. The first kappa shape index (κ1) is 10.4. The number of nitrogens with zero attached hydrogens (tertiary/aromatic N) is 3. The molecule has 2 rings (SSSR count). The zero-order valence-electron chi connectivity index (χ0n) is 8.09. The van der Waals surface area contributed by atoms with Crippen LogP contribution in [0.5, 0.6) is 11.6 Å². The van der Waals surface area contributed by atoms with E-state index < -0.39 is 0 Å². The normalized spacial score (nSPS) is 9.50. The third-order valence-electron chi connectivity index (χ3n) is 1.82. The largest absolute Gasteiger partial charge is 0.437 e. The molecule has 78 valence electrons. The number of rotatable bonds is 2. The molecular weight excluding hydrogens is 226 g/mol. The SMILES string of the molecule is N#Cc1ccccc1Oc1ccnc(Cl)n1. The summed E-state index contributed by atoms with van der Waals surface area (Å²) in [7, 11) is 0. The van der Waals surface area contributed by atoms with Gasteiger partial charge in [-0.25, -0.2) is 4.98 Å². The fourth-order valence-corrected chi connectivity index (χ4v) is 1.28. The standard InChI is InChI=1S/C11H6ClN3O/c12-11-14-6-5-10(15-11)16-9-4-2-1-3-8(9)7-13/h1-6H. The van der Waals surface area contributed by atoms with Crippen LogP contribution in [0.25, 0.3) is 0 Å². The van der Waals surface area contributed by atoms with Crippen LogP contribution in [-0.4, -0.2) is 9.97 Å². The Labute approximate surface area is 97.1 Å². The van der Waals surface area contributed by atoms with E-state index in [1.807, 2.05) is 6.07 Å². The van der Waals surface area contributed by atoms with Crippen molar-refractivity contribution in [2.24, 2.45) is 0 Å². The highest BCUT2D eigenvalue weighted by atomic mass is 35.5. The van der Waals surface area contributed by atoms with E-state index in [-0.39, 0.29) is 5.28 Å². The van der Waals surface area contributed by atoms with Crippen molar-refractivity contribution in [3.63, 3.8) is 0 Å². The summed E-state index contributed by atoms with van der Waals surface area (Å²) in [6.45, 7) is 0. The van der Waals surface area contributed by atoms with Gasteiger partial charge in [-0.1, -0.05) is 12.1 Å². The fourth-order valence-electron chi connectivity index (χ4n) is 1.14. The summed E-state index contributed by atoms with van der Waals surface area (Å²) >= 11 is 5.62. The van der Waals surface area contributed by atoms with Gasteiger partial charge < -0.3 is 4.74 Å². The monoisotopic (exact) mass is 231 g/mol. The molecule has 0 unspecified atom stereocenters. The second-order valence-corrected chi connectivity index (χ2v) is 3.21. The summed E-state index contributed by atoms with van der Waals surface area (Å²) in [6.07, 6.45) is 1.49. The predicted octanol–water partition coefficient (Wildman–Crippen LogP) is 2.79. The summed E-state index contributed by atoms with van der Waals surface area (Å²) in [5, 5.41) is 8.97. The van der Waals surface area contributed by atoms with Gasteiger partial charge in [-0.15, -0.1) is 0 Å².